The Kier molecular flexibility index (Phi) is 4.21. The first-order valence-corrected chi connectivity index (χ1v) is 8.09. The molecule has 1 aromatic carbocycles. The highest BCUT2D eigenvalue weighted by Gasteiger charge is 2.50. The molecule has 2 amide bonds. The summed E-state index contributed by atoms with van der Waals surface area (Å²) in [6.07, 6.45) is 0.904. The minimum atomic E-state index is -0.969. The average molecular weight is 320 g/mol. The molecule has 1 saturated carbocycles. The van der Waals surface area contributed by atoms with E-state index in [0.29, 0.717) is 13.1 Å². The number of quaternary nitrogens is 1. The number of benzene rings is 1. The van der Waals surface area contributed by atoms with Crippen molar-refractivity contribution in [3.8, 4) is 0 Å². The van der Waals surface area contributed by atoms with Gasteiger partial charge in [-0.2, -0.15) is 0 Å². The number of nitrogens with zero attached hydrogens (tertiary/aromatic N) is 3. The van der Waals surface area contributed by atoms with Crippen molar-refractivity contribution < 1.29 is 18.8 Å². The van der Waals surface area contributed by atoms with Gasteiger partial charge in [0, 0.05) is 23.1 Å². The number of halogens is 1. The number of piperazine rings is 1. The molecule has 0 aromatic heterocycles. The minimum Gasteiger partial charge on any atom is -0.308 e. The molecular weight excluding hydrogens is 297 g/mol. The fraction of sp³-hybridized carbons (Fsp3) is 0.529. The second-order valence-corrected chi connectivity index (χ2v) is 6.46. The van der Waals surface area contributed by atoms with Crippen LogP contribution in [0.25, 0.3) is 0 Å². The lowest BCUT2D eigenvalue weighted by Gasteiger charge is -2.34. The second-order valence-electron chi connectivity index (χ2n) is 6.46. The molecule has 3 rings (SSSR count). The Balaban J connectivity index is 1.65. The Hall–Kier alpha value is -1.79. The molecule has 2 aliphatic rings. The van der Waals surface area contributed by atoms with Gasteiger partial charge >= 0.3 is 5.91 Å². The van der Waals surface area contributed by atoms with Crippen LogP contribution in [0.15, 0.2) is 30.3 Å². The van der Waals surface area contributed by atoms with E-state index in [-0.39, 0.29) is 31.1 Å². The summed E-state index contributed by atoms with van der Waals surface area (Å²) in [5.41, 5.74) is 0.906. The highest BCUT2D eigenvalue weighted by atomic mass is 19.2. The standard InChI is InChI=1S/C17H23FN3O2/c1-13(22)20(15-6-4-3-5-7-15)17-12-16(17)19-8-10-21(18,11-9-19)14(2)23/h3-7,16-17H,8-12H2,1-2H3/q+1. The number of rotatable bonds is 3. The first-order valence-electron chi connectivity index (χ1n) is 8.09. The lowest BCUT2D eigenvalue weighted by Crippen LogP contribution is -2.57. The van der Waals surface area contributed by atoms with Gasteiger partial charge in [0.1, 0.15) is 13.1 Å². The van der Waals surface area contributed by atoms with Crippen LogP contribution in [-0.2, 0) is 9.59 Å². The van der Waals surface area contributed by atoms with Gasteiger partial charge in [0.25, 0.3) is 0 Å². The predicted molar refractivity (Wildman–Crippen MR) is 85.2 cm³/mol. The van der Waals surface area contributed by atoms with Crippen LogP contribution in [0.5, 0.6) is 0 Å². The molecule has 2 unspecified atom stereocenters. The summed E-state index contributed by atoms with van der Waals surface area (Å²) in [7, 11) is 0. The van der Waals surface area contributed by atoms with Crippen molar-refractivity contribution in [2.45, 2.75) is 32.4 Å². The van der Waals surface area contributed by atoms with Crippen LogP contribution in [-0.4, -0.2) is 59.7 Å². The molecule has 1 heterocycles. The van der Waals surface area contributed by atoms with Gasteiger partial charge < -0.3 is 4.90 Å². The van der Waals surface area contributed by atoms with Crippen molar-refractivity contribution in [1.82, 2.24) is 4.90 Å². The Bertz CT molecular complexity index is 599. The van der Waals surface area contributed by atoms with Crippen LogP contribution in [0.2, 0.25) is 0 Å². The summed E-state index contributed by atoms with van der Waals surface area (Å²) in [5.74, 6) is -0.397. The first kappa shape index (κ1) is 16.1. The van der Waals surface area contributed by atoms with E-state index in [0.717, 1.165) is 12.1 Å². The molecule has 0 radical (unpaired) electrons. The lowest BCUT2D eigenvalue weighted by molar-refractivity contribution is -0.993. The molecule has 1 aliphatic heterocycles. The lowest BCUT2D eigenvalue weighted by atomic mass is 10.2. The molecule has 0 N–H and O–H groups in total. The summed E-state index contributed by atoms with van der Waals surface area (Å²) < 4.78 is 13.3. The fourth-order valence-electron chi connectivity index (χ4n) is 3.48. The number of para-hydroxylation sites is 1. The van der Waals surface area contributed by atoms with E-state index in [2.05, 4.69) is 4.90 Å². The van der Waals surface area contributed by atoms with Crippen LogP contribution in [0, 0.1) is 0 Å². The van der Waals surface area contributed by atoms with E-state index in [1.165, 1.54) is 6.92 Å². The number of amides is 2. The summed E-state index contributed by atoms with van der Waals surface area (Å²) in [6.45, 7) is 4.39. The van der Waals surface area contributed by atoms with Crippen LogP contribution in [0.3, 0.4) is 0 Å². The number of anilines is 1. The molecule has 2 fully saturated rings. The van der Waals surface area contributed by atoms with E-state index in [4.69, 9.17) is 0 Å². The Morgan fingerprint density at radius 1 is 1.17 bits per heavy atom. The summed E-state index contributed by atoms with van der Waals surface area (Å²) >= 11 is 0. The monoisotopic (exact) mass is 320 g/mol. The van der Waals surface area contributed by atoms with Crippen molar-refractivity contribution in [3.05, 3.63) is 30.3 Å². The molecule has 6 heteroatoms. The van der Waals surface area contributed by atoms with Crippen LogP contribution in [0.4, 0.5) is 10.2 Å². The quantitative estimate of drug-likeness (QED) is 0.797. The van der Waals surface area contributed by atoms with Crippen LogP contribution >= 0.6 is 0 Å². The summed E-state index contributed by atoms with van der Waals surface area (Å²) in [4.78, 5) is 27.5. The summed E-state index contributed by atoms with van der Waals surface area (Å²) in [5, 5.41) is 0. The van der Waals surface area contributed by atoms with E-state index >= 15 is 0 Å². The van der Waals surface area contributed by atoms with Gasteiger partial charge in [-0.25, -0.2) is 4.79 Å². The van der Waals surface area contributed by atoms with E-state index in [1.807, 2.05) is 35.2 Å². The van der Waals surface area contributed by atoms with Gasteiger partial charge in [-0.05, 0) is 18.6 Å². The number of carbonyl (C=O) groups excluding carboxylic acids is 2. The SMILES string of the molecule is CC(=O)N(c1ccccc1)C1CC1N1CC[N+](F)(C(C)=O)CC1. The van der Waals surface area contributed by atoms with Crippen LogP contribution < -0.4 is 4.90 Å². The van der Waals surface area contributed by atoms with E-state index in [1.54, 1.807) is 6.92 Å². The van der Waals surface area contributed by atoms with Crippen molar-refractivity contribution in [3.63, 3.8) is 0 Å². The molecular formula is C17H23FN3O2+. The maximum atomic E-state index is 14.3. The third-order valence-electron chi connectivity index (χ3n) is 4.95. The first-order chi connectivity index (χ1) is 10.9. The Labute approximate surface area is 135 Å². The highest BCUT2D eigenvalue weighted by Crippen LogP contribution is 2.37. The number of carbonyl (C=O) groups is 2. The third kappa shape index (κ3) is 3.14. The number of hydrogen-bond acceptors (Lipinski definition) is 3. The molecule has 1 aromatic rings. The Morgan fingerprint density at radius 2 is 1.78 bits per heavy atom. The van der Waals surface area contributed by atoms with Crippen molar-refractivity contribution in [2.24, 2.45) is 0 Å². The zero-order valence-electron chi connectivity index (χ0n) is 13.6. The smallest absolute Gasteiger partial charge is 0.308 e. The van der Waals surface area contributed by atoms with Crippen molar-refractivity contribution in [1.29, 1.82) is 0 Å². The minimum absolute atomic E-state index is 0.0278. The van der Waals surface area contributed by atoms with Gasteiger partial charge in [0.05, 0.1) is 26.1 Å². The predicted octanol–water partition coefficient (Wildman–Crippen LogP) is 1.74. The molecule has 1 saturated heterocycles. The second kappa shape index (κ2) is 6.02. The third-order valence-corrected chi connectivity index (χ3v) is 4.95. The average Bonchev–Trinajstić information content (AvgIpc) is 3.29. The van der Waals surface area contributed by atoms with Crippen molar-refractivity contribution in [2.75, 3.05) is 31.1 Å². The topological polar surface area (TPSA) is 40.6 Å². The van der Waals surface area contributed by atoms with Crippen LogP contribution in [0.1, 0.15) is 20.3 Å². The molecule has 0 bridgehead atoms. The molecule has 1 aliphatic carbocycles. The van der Waals surface area contributed by atoms with Gasteiger partial charge in [-0.1, -0.05) is 22.9 Å². The van der Waals surface area contributed by atoms with E-state index < -0.39 is 10.6 Å². The van der Waals surface area contributed by atoms with Gasteiger partial charge in [0.2, 0.25) is 5.91 Å². The maximum absolute atomic E-state index is 14.3. The Morgan fingerprint density at radius 3 is 2.30 bits per heavy atom. The highest BCUT2D eigenvalue weighted by molar-refractivity contribution is 5.92. The van der Waals surface area contributed by atoms with Gasteiger partial charge in [-0.15, -0.1) is 0 Å². The normalized spacial score (nSPS) is 26.6. The fourth-order valence-corrected chi connectivity index (χ4v) is 3.48. The molecule has 2 atom stereocenters. The molecule has 124 valence electrons. The van der Waals surface area contributed by atoms with Crippen molar-refractivity contribution >= 4 is 17.5 Å². The van der Waals surface area contributed by atoms with E-state index in [9.17, 15) is 14.1 Å². The molecule has 23 heavy (non-hydrogen) atoms. The molecule has 5 nitrogen and oxygen atoms in total. The molecule has 0 spiro atoms. The number of hydrogen-bond donors (Lipinski definition) is 0. The maximum Gasteiger partial charge on any atom is 0.348 e. The zero-order chi connectivity index (χ0) is 16.6. The van der Waals surface area contributed by atoms with Gasteiger partial charge in [-0.3, -0.25) is 9.69 Å². The largest absolute Gasteiger partial charge is 0.348 e. The summed E-state index contributed by atoms with van der Waals surface area (Å²) in [6, 6.07) is 10.1. The zero-order valence-corrected chi connectivity index (χ0v) is 13.6. The van der Waals surface area contributed by atoms with Gasteiger partial charge in [0.15, 0.2) is 0 Å².